The molecule has 2 saturated carbocycles. The van der Waals surface area contributed by atoms with Gasteiger partial charge < -0.3 is 10.4 Å². The quantitative estimate of drug-likeness (QED) is 0.710. The molecule has 2 aliphatic carbocycles. The number of halogens is 1. The SMILES string of the molecule is CC1(C2CCCC(C(=O)O)C2C(=O)Nc2ccc(I)cc2)CC1. The Bertz CT molecular complexity index is 609. The molecule has 0 spiro atoms. The van der Waals surface area contributed by atoms with Gasteiger partial charge in [-0.15, -0.1) is 0 Å². The molecule has 0 bridgehead atoms. The Balaban J connectivity index is 1.82. The van der Waals surface area contributed by atoms with E-state index in [9.17, 15) is 14.7 Å². The van der Waals surface area contributed by atoms with Gasteiger partial charge in [-0.3, -0.25) is 9.59 Å². The maximum atomic E-state index is 12.9. The van der Waals surface area contributed by atoms with E-state index in [1.54, 1.807) is 0 Å². The van der Waals surface area contributed by atoms with Crippen LogP contribution < -0.4 is 5.32 Å². The van der Waals surface area contributed by atoms with Crippen molar-refractivity contribution in [2.24, 2.45) is 23.2 Å². The summed E-state index contributed by atoms with van der Waals surface area (Å²) in [4.78, 5) is 24.6. The van der Waals surface area contributed by atoms with Gasteiger partial charge in [-0.05, 0) is 83.9 Å². The van der Waals surface area contributed by atoms with Crippen LogP contribution in [0.5, 0.6) is 0 Å². The zero-order valence-electron chi connectivity index (χ0n) is 13.2. The molecule has 0 saturated heterocycles. The molecular formula is C18H22INO3. The van der Waals surface area contributed by atoms with Gasteiger partial charge in [-0.25, -0.2) is 0 Å². The molecule has 4 nitrogen and oxygen atoms in total. The summed E-state index contributed by atoms with van der Waals surface area (Å²) in [6.45, 7) is 2.20. The molecule has 2 aliphatic rings. The molecule has 0 aromatic heterocycles. The molecular weight excluding hydrogens is 405 g/mol. The number of carboxylic acid groups (broad SMARTS) is 1. The number of carboxylic acids is 1. The summed E-state index contributed by atoms with van der Waals surface area (Å²) in [6.07, 6.45) is 4.69. The molecule has 2 N–H and O–H groups in total. The van der Waals surface area contributed by atoms with Gasteiger partial charge in [0.15, 0.2) is 0 Å². The van der Waals surface area contributed by atoms with Gasteiger partial charge >= 0.3 is 5.97 Å². The second-order valence-corrected chi connectivity index (χ2v) is 8.40. The lowest BCUT2D eigenvalue weighted by Crippen LogP contribution is -2.44. The molecule has 5 heteroatoms. The molecule has 23 heavy (non-hydrogen) atoms. The van der Waals surface area contributed by atoms with E-state index in [4.69, 9.17) is 0 Å². The molecule has 0 radical (unpaired) electrons. The normalized spacial score (nSPS) is 28.9. The summed E-state index contributed by atoms with van der Waals surface area (Å²) in [7, 11) is 0. The van der Waals surface area contributed by atoms with Crippen molar-refractivity contribution in [2.75, 3.05) is 5.32 Å². The van der Waals surface area contributed by atoms with E-state index < -0.39 is 17.8 Å². The Kier molecular flexibility index (Phi) is 4.67. The van der Waals surface area contributed by atoms with Crippen molar-refractivity contribution in [3.63, 3.8) is 0 Å². The standard InChI is InChI=1S/C18H22INO3/c1-18(9-10-18)14-4-2-3-13(17(22)23)15(14)16(21)20-12-7-5-11(19)6-8-12/h5-8,13-15H,2-4,9-10H2,1H3,(H,20,21)(H,22,23). The van der Waals surface area contributed by atoms with Crippen LogP contribution in [0, 0.1) is 26.7 Å². The summed E-state index contributed by atoms with van der Waals surface area (Å²) < 4.78 is 1.10. The number of anilines is 1. The first-order valence-electron chi connectivity index (χ1n) is 8.20. The van der Waals surface area contributed by atoms with E-state index in [1.165, 1.54) is 0 Å². The molecule has 124 valence electrons. The van der Waals surface area contributed by atoms with Crippen LogP contribution >= 0.6 is 22.6 Å². The van der Waals surface area contributed by atoms with E-state index in [1.807, 2.05) is 24.3 Å². The highest BCUT2D eigenvalue weighted by atomic mass is 127. The molecule has 0 aliphatic heterocycles. The van der Waals surface area contributed by atoms with Gasteiger partial charge in [0.25, 0.3) is 0 Å². The van der Waals surface area contributed by atoms with Crippen molar-refractivity contribution in [3.8, 4) is 0 Å². The Morgan fingerprint density at radius 2 is 1.87 bits per heavy atom. The average Bonchev–Trinajstić information content (AvgIpc) is 3.27. The fraction of sp³-hybridized carbons (Fsp3) is 0.556. The molecule has 3 unspecified atom stereocenters. The molecule has 3 atom stereocenters. The van der Waals surface area contributed by atoms with Crippen LogP contribution in [-0.2, 0) is 9.59 Å². The molecule has 3 rings (SSSR count). The average molecular weight is 427 g/mol. The first-order chi connectivity index (χ1) is 10.9. The van der Waals surface area contributed by atoms with E-state index in [0.717, 1.165) is 34.9 Å². The first-order valence-corrected chi connectivity index (χ1v) is 9.28. The van der Waals surface area contributed by atoms with Crippen LogP contribution in [0.3, 0.4) is 0 Å². The van der Waals surface area contributed by atoms with E-state index in [-0.39, 0.29) is 17.2 Å². The zero-order chi connectivity index (χ0) is 16.6. The summed E-state index contributed by atoms with van der Waals surface area (Å²) in [5.41, 5.74) is 0.896. The number of benzene rings is 1. The number of carbonyl (C=O) groups is 2. The summed E-state index contributed by atoms with van der Waals surface area (Å²) >= 11 is 2.22. The molecule has 0 heterocycles. The monoisotopic (exact) mass is 427 g/mol. The molecule has 1 aromatic rings. The highest BCUT2D eigenvalue weighted by molar-refractivity contribution is 14.1. The van der Waals surface area contributed by atoms with Crippen molar-refractivity contribution in [1.29, 1.82) is 0 Å². The van der Waals surface area contributed by atoms with Gasteiger partial charge in [-0.2, -0.15) is 0 Å². The Hall–Kier alpha value is -1.11. The van der Waals surface area contributed by atoms with Crippen LogP contribution in [0.25, 0.3) is 0 Å². The third-order valence-corrected chi connectivity index (χ3v) is 6.28. The minimum absolute atomic E-state index is 0.128. The topological polar surface area (TPSA) is 66.4 Å². The van der Waals surface area contributed by atoms with Crippen LogP contribution in [0.4, 0.5) is 5.69 Å². The molecule has 2 fully saturated rings. The second kappa shape index (κ2) is 6.42. The first kappa shape index (κ1) is 16.7. The minimum atomic E-state index is -0.832. The lowest BCUT2D eigenvalue weighted by Gasteiger charge is -2.38. The van der Waals surface area contributed by atoms with E-state index in [2.05, 4.69) is 34.8 Å². The Morgan fingerprint density at radius 3 is 2.43 bits per heavy atom. The number of hydrogen-bond acceptors (Lipinski definition) is 2. The van der Waals surface area contributed by atoms with Crippen LogP contribution in [0.1, 0.15) is 39.0 Å². The summed E-state index contributed by atoms with van der Waals surface area (Å²) in [5.74, 6) is -1.76. The number of amides is 1. The maximum absolute atomic E-state index is 12.9. The van der Waals surface area contributed by atoms with Crippen molar-refractivity contribution in [3.05, 3.63) is 27.8 Å². The van der Waals surface area contributed by atoms with Crippen LogP contribution in [-0.4, -0.2) is 17.0 Å². The number of nitrogens with one attached hydrogen (secondary N) is 1. The summed E-state index contributed by atoms with van der Waals surface area (Å²) in [5, 5.41) is 12.5. The van der Waals surface area contributed by atoms with Gasteiger partial charge in [0.2, 0.25) is 5.91 Å². The fourth-order valence-corrected chi connectivity index (χ4v) is 4.31. The lowest BCUT2D eigenvalue weighted by molar-refractivity contribution is -0.150. The van der Waals surface area contributed by atoms with Gasteiger partial charge in [-0.1, -0.05) is 13.3 Å². The van der Waals surface area contributed by atoms with Crippen molar-refractivity contribution in [2.45, 2.75) is 39.0 Å². The number of hydrogen-bond donors (Lipinski definition) is 2. The Morgan fingerprint density at radius 1 is 1.22 bits per heavy atom. The van der Waals surface area contributed by atoms with Crippen molar-refractivity contribution < 1.29 is 14.7 Å². The van der Waals surface area contributed by atoms with Gasteiger partial charge in [0.1, 0.15) is 0 Å². The zero-order valence-corrected chi connectivity index (χ0v) is 15.4. The Labute approximate surface area is 150 Å². The maximum Gasteiger partial charge on any atom is 0.307 e. The highest BCUT2D eigenvalue weighted by Gasteiger charge is 2.54. The van der Waals surface area contributed by atoms with Gasteiger partial charge in [0, 0.05) is 9.26 Å². The summed E-state index contributed by atoms with van der Waals surface area (Å²) in [6, 6.07) is 7.61. The number of aliphatic carboxylic acids is 1. The third kappa shape index (κ3) is 3.54. The van der Waals surface area contributed by atoms with Crippen LogP contribution in [0.15, 0.2) is 24.3 Å². The largest absolute Gasteiger partial charge is 0.481 e. The van der Waals surface area contributed by atoms with Gasteiger partial charge in [0.05, 0.1) is 11.8 Å². The highest BCUT2D eigenvalue weighted by Crippen LogP contribution is 2.58. The fourth-order valence-electron chi connectivity index (χ4n) is 3.95. The predicted octanol–water partition coefficient (Wildman–Crippen LogP) is 4.15. The number of rotatable bonds is 4. The van der Waals surface area contributed by atoms with Crippen LogP contribution in [0.2, 0.25) is 0 Å². The second-order valence-electron chi connectivity index (χ2n) is 7.16. The molecule has 1 amide bonds. The molecule has 1 aromatic carbocycles. The lowest BCUT2D eigenvalue weighted by atomic mass is 9.65. The van der Waals surface area contributed by atoms with Crippen molar-refractivity contribution in [1.82, 2.24) is 0 Å². The van der Waals surface area contributed by atoms with E-state index >= 15 is 0 Å². The predicted molar refractivity (Wildman–Crippen MR) is 97.1 cm³/mol. The minimum Gasteiger partial charge on any atom is -0.481 e. The third-order valence-electron chi connectivity index (χ3n) is 5.56. The smallest absolute Gasteiger partial charge is 0.307 e. The van der Waals surface area contributed by atoms with Crippen molar-refractivity contribution >= 4 is 40.2 Å². The number of carbonyl (C=O) groups excluding carboxylic acids is 1. The van der Waals surface area contributed by atoms with E-state index in [0.29, 0.717) is 6.42 Å².